The van der Waals surface area contributed by atoms with Crippen molar-refractivity contribution in [1.29, 1.82) is 0 Å². The Balaban J connectivity index is 1.78. The number of furan rings is 1. The van der Waals surface area contributed by atoms with Crippen molar-refractivity contribution in [3.8, 4) is 5.75 Å². The standard InChI is InChI=1S/C17H14N4O5/c22-12-8-21(5-4-18-12)16-13(17(24)25)14(23)11(26-16)6-9-7-20-15-10(9)2-1-3-19-15/h1-3,6-7,23H,4-5,8H2,(H,18,22)(H,24,25). The molecule has 132 valence electrons. The Bertz CT molecular complexity index is 976. The number of carbonyl (C=O) groups is 2. The summed E-state index contributed by atoms with van der Waals surface area (Å²) in [4.78, 5) is 33.0. The van der Waals surface area contributed by atoms with Gasteiger partial charge in [-0.25, -0.2) is 14.8 Å². The third-order valence-electron chi connectivity index (χ3n) is 4.14. The molecule has 0 saturated carbocycles. The van der Waals surface area contributed by atoms with Crippen molar-refractivity contribution in [2.45, 2.75) is 0 Å². The number of aliphatic imine (C=N–C) groups is 1. The fourth-order valence-electron chi connectivity index (χ4n) is 2.93. The number of fused-ring (bicyclic) bond motifs is 1. The molecule has 2 aliphatic rings. The number of aromatic nitrogens is 1. The minimum absolute atomic E-state index is 0.0125. The molecular formula is C17H14N4O5. The van der Waals surface area contributed by atoms with Crippen LogP contribution in [0.3, 0.4) is 0 Å². The summed E-state index contributed by atoms with van der Waals surface area (Å²) >= 11 is 0. The molecule has 0 aromatic carbocycles. The third kappa shape index (κ3) is 2.59. The van der Waals surface area contributed by atoms with E-state index in [0.717, 1.165) is 5.56 Å². The number of carbonyl (C=O) groups excluding carboxylic acids is 1. The van der Waals surface area contributed by atoms with E-state index in [1.165, 1.54) is 11.0 Å². The van der Waals surface area contributed by atoms with Crippen LogP contribution in [0.15, 0.2) is 27.7 Å². The summed E-state index contributed by atoms with van der Waals surface area (Å²) in [5.41, 5.74) is 1.02. The molecule has 9 nitrogen and oxygen atoms in total. The van der Waals surface area contributed by atoms with E-state index in [2.05, 4.69) is 15.3 Å². The van der Waals surface area contributed by atoms with Crippen molar-refractivity contribution >= 4 is 41.4 Å². The number of nitrogens with zero attached hydrogens (tertiary/aromatic N) is 3. The Hall–Kier alpha value is -3.62. The Morgan fingerprint density at radius 2 is 2.27 bits per heavy atom. The highest BCUT2D eigenvalue weighted by Crippen LogP contribution is 2.39. The maximum atomic E-state index is 11.6. The number of carboxylic acid groups (broad SMARTS) is 1. The average molecular weight is 354 g/mol. The van der Waals surface area contributed by atoms with Gasteiger partial charge in [0.05, 0.1) is 6.54 Å². The number of rotatable bonds is 3. The lowest BCUT2D eigenvalue weighted by molar-refractivity contribution is -0.120. The molecule has 0 bridgehead atoms. The van der Waals surface area contributed by atoms with E-state index in [9.17, 15) is 19.8 Å². The van der Waals surface area contributed by atoms with Gasteiger partial charge in [0.2, 0.25) is 11.8 Å². The number of hydrogen-bond acceptors (Lipinski definition) is 7. The van der Waals surface area contributed by atoms with Crippen molar-refractivity contribution in [1.82, 2.24) is 10.3 Å². The predicted molar refractivity (Wildman–Crippen MR) is 92.8 cm³/mol. The molecule has 2 aromatic heterocycles. The van der Waals surface area contributed by atoms with Crippen LogP contribution in [0.1, 0.15) is 21.7 Å². The second-order valence-electron chi connectivity index (χ2n) is 5.80. The van der Waals surface area contributed by atoms with Gasteiger partial charge in [0.1, 0.15) is 0 Å². The molecule has 2 aromatic rings. The zero-order chi connectivity index (χ0) is 18.3. The number of amides is 1. The number of carboxylic acids is 1. The lowest BCUT2D eigenvalue weighted by Crippen LogP contribution is -2.48. The monoisotopic (exact) mass is 354 g/mol. The zero-order valence-corrected chi connectivity index (χ0v) is 13.5. The van der Waals surface area contributed by atoms with Crippen LogP contribution in [0.5, 0.6) is 5.75 Å². The van der Waals surface area contributed by atoms with Crippen LogP contribution < -0.4 is 10.2 Å². The molecule has 0 atom stereocenters. The molecule has 3 N–H and O–H groups in total. The summed E-state index contributed by atoms with van der Waals surface area (Å²) in [7, 11) is 0. The first-order chi connectivity index (χ1) is 12.5. The minimum atomic E-state index is -1.33. The van der Waals surface area contributed by atoms with E-state index in [1.54, 1.807) is 18.5 Å². The van der Waals surface area contributed by atoms with E-state index < -0.39 is 11.7 Å². The summed E-state index contributed by atoms with van der Waals surface area (Å²) in [5.74, 6) is -1.59. The number of anilines is 1. The second-order valence-corrected chi connectivity index (χ2v) is 5.80. The van der Waals surface area contributed by atoms with Crippen LogP contribution >= 0.6 is 0 Å². The molecule has 26 heavy (non-hydrogen) atoms. The first-order valence-electron chi connectivity index (χ1n) is 7.86. The number of piperazine rings is 1. The van der Waals surface area contributed by atoms with Crippen LogP contribution in [0.2, 0.25) is 0 Å². The largest absolute Gasteiger partial charge is 0.504 e. The number of aromatic hydroxyl groups is 1. The minimum Gasteiger partial charge on any atom is -0.504 e. The van der Waals surface area contributed by atoms with Crippen LogP contribution in [0, 0.1) is 0 Å². The topological polar surface area (TPSA) is 128 Å². The van der Waals surface area contributed by atoms with Crippen molar-refractivity contribution in [2.75, 3.05) is 24.5 Å². The molecule has 0 spiro atoms. The lowest BCUT2D eigenvalue weighted by Gasteiger charge is -2.26. The van der Waals surface area contributed by atoms with E-state index in [0.29, 0.717) is 24.5 Å². The first kappa shape index (κ1) is 15.9. The summed E-state index contributed by atoms with van der Waals surface area (Å²) in [6, 6.07) is 3.57. The molecule has 1 fully saturated rings. The SMILES string of the molecule is O=C1CN(c2oc(C=C3C=Nc4ncccc43)c(O)c2C(=O)O)CCN1. The first-order valence-corrected chi connectivity index (χ1v) is 7.86. The van der Waals surface area contributed by atoms with Gasteiger partial charge in [-0.05, 0) is 18.2 Å². The maximum absolute atomic E-state index is 11.6. The van der Waals surface area contributed by atoms with Crippen molar-refractivity contribution in [3.63, 3.8) is 0 Å². The second kappa shape index (κ2) is 6.03. The molecule has 0 aliphatic carbocycles. The quantitative estimate of drug-likeness (QED) is 0.757. The van der Waals surface area contributed by atoms with E-state index in [-0.39, 0.29) is 29.7 Å². The summed E-state index contributed by atoms with van der Waals surface area (Å²) in [5, 5.41) is 22.5. The van der Waals surface area contributed by atoms with E-state index >= 15 is 0 Å². The van der Waals surface area contributed by atoms with Crippen LogP contribution in [-0.2, 0) is 4.79 Å². The number of hydrogen-bond donors (Lipinski definition) is 3. The highest BCUT2D eigenvalue weighted by Gasteiger charge is 2.31. The van der Waals surface area contributed by atoms with Crippen molar-refractivity contribution in [2.24, 2.45) is 4.99 Å². The predicted octanol–water partition coefficient (Wildman–Crippen LogP) is 1.27. The maximum Gasteiger partial charge on any atom is 0.345 e. The average Bonchev–Trinajstić information content (AvgIpc) is 3.17. The van der Waals surface area contributed by atoms with Crippen LogP contribution in [-0.4, -0.2) is 52.9 Å². The lowest BCUT2D eigenvalue weighted by atomic mass is 10.1. The molecule has 1 saturated heterocycles. The Kier molecular flexibility index (Phi) is 3.68. The van der Waals surface area contributed by atoms with Gasteiger partial charge in [-0.1, -0.05) is 0 Å². The van der Waals surface area contributed by atoms with Gasteiger partial charge < -0.3 is 24.8 Å². The fraction of sp³-hybridized carbons (Fsp3) is 0.176. The van der Waals surface area contributed by atoms with Crippen molar-refractivity contribution in [3.05, 3.63) is 35.2 Å². The smallest absolute Gasteiger partial charge is 0.345 e. The Morgan fingerprint density at radius 3 is 3.04 bits per heavy atom. The molecule has 9 heteroatoms. The van der Waals surface area contributed by atoms with Crippen molar-refractivity contribution < 1.29 is 24.2 Å². The fourth-order valence-corrected chi connectivity index (χ4v) is 2.93. The number of aromatic carboxylic acids is 1. The van der Waals surface area contributed by atoms with E-state index in [4.69, 9.17) is 4.42 Å². The highest BCUT2D eigenvalue weighted by atomic mass is 16.4. The van der Waals surface area contributed by atoms with Gasteiger partial charge in [0.15, 0.2) is 22.9 Å². The van der Waals surface area contributed by atoms with Crippen LogP contribution in [0.25, 0.3) is 11.6 Å². The van der Waals surface area contributed by atoms with Gasteiger partial charge in [-0.2, -0.15) is 0 Å². The Morgan fingerprint density at radius 1 is 1.42 bits per heavy atom. The summed E-state index contributed by atoms with van der Waals surface area (Å²) in [6.07, 6.45) is 4.69. The number of nitrogens with one attached hydrogen (secondary N) is 1. The van der Waals surface area contributed by atoms with Crippen LogP contribution in [0.4, 0.5) is 11.7 Å². The molecule has 1 amide bonds. The molecule has 0 unspecified atom stereocenters. The molecule has 4 heterocycles. The molecular weight excluding hydrogens is 340 g/mol. The third-order valence-corrected chi connectivity index (χ3v) is 4.14. The normalized spacial score (nSPS) is 17.5. The molecule has 2 aliphatic heterocycles. The zero-order valence-electron chi connectivity index (χ0n) is 13.5. The Labute approximate surface area is 147 Å². The highest BCUT2D eigenvalue weighted by molar-refractivity contribution is 6.21. The number of allylic oxidation sites excluding steroid dienone is 1. The van der Waals surface area contributed by atoms with Gasteiger partial charge >= 0.3 is 5.97 Å². The van der Waals surface area contributed by atoms with Gasteiger partial charge in [0, 0.05) is 36.6 Å². The van der Waals surface area contributed by atoms with Gasteiger partial charge in [-0.3, -0.25) is 4.79 Å². The van der Waals surface area contributed by atoms with E-state index in [1.807, 2.05) is 6.07 Å². The summed E-state index contributed by atoms with van der Waals surface area (Å²) < 4.78 is 5.63. The number of pyridine rings is 1. The molecule has 0 radical (unpaired) electrons. The van der Waals surface area contributed by atoms with Gasteiger partial charge in [-0.15, -0.1) is 0 Å². The molecule has 4 rings (SSSR count). The van der Waals surface area contributed by atoms with Gasteiger partial charge in [0.25, 0.3) is 0 Å². The summed E-state index contributed by atoms with van der Waals surface area (Å²) in [6.45, 7) is 0.697.